The lowest BCUT2D eigenvalue weighted by molar-refractivity contribution is 0.0949. The van der Waals surface area contributed by atoms with Gasteiger partial charge in [0.05, 0.1) is 0 Å². The third-order valence-corrected chi connectivity index (χ3v) is 5.58. The van der Waals surface area contributed by atoms with Gasteiger partial charge in [-0.3, -0.25) is 4.79 Å². The van der Waals surface area contributed by atoms with E-state index < -0.39 is 0 Å². The Labute approximate surface area is 218 Å². The van der Waals surface area contributed by atoms with Crippen molar-refractivity contribution in [2.45, 2.75) is 13.0 Å². The first-order valence-corrected chi connectivity index (χ1v) is 11.8. The Morgan fingerprint density at radius 1 is 0.811 bits per heavy atom. The highest BCUT2D eigenvalue weighted by Gasteiger charge is 2.08. The van der Waals surface area contributed by atoms with Crippen molar-refractivity contribution in [3.05, 3.63) is 119 Å². The van der Waals surface area contributed by atoms with Gasteiger partial charge in [-0.1, -0.05) is 84.9 Å². The van der Waals surface area contributed by atoms with E-state index in [-0.39, 0.29) is 5.91 Å². The van der Waals surface area contributed by atoms with Gasteiger partial charge in [-0.25, -0.2) is 0 Å². The van der Waals surface area contributed by atoms with Gasteiger partial charge in [-0.05, 0) is 53.1 Å². The number of amides is 1. The van der Waals surface area contributed by atoms with Crippen molar-refractivity contribution in [2.24, 2.45) is 11.5 Å². The number of rotatable bonds is 8. The molecule has 0 aromatic heterocycles. The zero-order valence-corrected chi connectivity index (χ0v) is 21.0. The first-order valence-electron chi connectivity index (χ1n) is 11.8. The molecule has 0 aliphatic rings. The summed E-state index contributed by atoms with van der Waals surface area (Å²) in [7, 11) is 2.10. The van der Waals surface area contributed by atoms with E-state index in [9.17, 15) is 4.79 Å². The Bertz CT molecular complexity index is 1330. The molecule has 0 fully saturated rings. The number of nitrogens with zero attached hydrogens (tertiary/aromatic N) is 3. The van der Waals surface area contributed by atoms with Crippen LogP contribution in [0, 0.1) is 22.9 Å². The van der Waals surface area contributed by atoms with Crippen molar-refractivity contribution in [3.8, 4) is 12.4 Å². The van der Waals surface area contributed by atoms with Gasteiger partial charge in [0.15, 0.2) is 12.4 Å². The first kappa shape index (κ1) is 28.4. The number of hydrogen-bond acceptors (Lipinski definition) is 6. The van der Waals surface area contributed by atoms with Crippen LogP contribution in [0.3, 0.4) is 0 Å². The third-order valence-electron chi connectivity index (χ3n) is 5.58. The summed E-state index contributed by atoms with van der Waals surface area (Å²) >= 11 is 0. The van der Waals surface area contributed by atoms with Crippen molar-refractivity contribution in [1.82, 2.24) is 10.2 Å². The highest BCUT2D eigenvalue weighted by atomic mass is 16.1. The average Bonchev–Trinajstić information content (AvgIpc) is 2.91. The minimum Gasteiger partial charge on any atom is -0.351 e. The van der Waals surface area contributed by atoms with E-state index in [0.717, 1.165) is 19.5 Å². The summed E-state index contributed by atoms with van der Waals surface area (Å²) in [6, 6.07) is 33.2. The Morgan fingerprint density at radius 2 is 1.38 bits per heavy atom. The Balaban J connectivity index is 0.000000733. The molecule has 0 spiro atoms. The Kier molecular flexibility index (Phi) is 12.2. The van der Waals surface area contributed by atoms with Crippen LogP contribution in [-0.4, -0.2) is 30.9 Å². The molecule has 0 saturated carbocycles. The first-order chi connectivity index (χ1) is 18.0. The maximum absolute atomic E-state index is 12.2. The second kappa shape index (κ2) is 15.9. The summed E-state index contributed by atoms with van der Waals surface area (Å²) in [6.45, 7) is 2.27. The molecule has 4 rings (SSSR count). The van der Waals surface area contributed by atoms with E-state index >= 15 is 0 Å². The molecule has 0 saturated heterocycles. The molecule has 5 N–H and O–H groups in total. The van der Waals surface area contributed by atoms with Gasteiger partial charge in [0, 0.05) is 25.2 Å². The topological polar surface area (TPSA) is 132 Å². The zero-order valence-electron chi connectivity index (χ0n) is 21.0. The molecule has 37 heavy (non-hydrogen) atoms. The maximum Gasteiger partial charge on any atom is 0.251 e. The Morgan fingerprint density at radius 3 is 2.05 bits per heavy atom. The minimum absolute atomic E-state index is 0.0225. The maximum atomic E-state index is 12.2. The van der Waals surface area contributed by atoms with E-state index in [4.69, 9.17) is 10.5 Å². The lowest BCUT2D eigenvalue weighted by atomic mass is 9.97. The van der Waals surface area contributed by atoms with E-state index in [1.165, 1.54) is 39.8 Å². The molecule has 0 bridgehead atoms. The number of likely N-dealkylation sites (N-methyl/N-ethyl adjacent to an activating group) is 1. The van der Waals surface area contributed by atoms with E-state index in [2.05, 4.69) is 95.5 Å². The van der Waals surface area contributed by atoms with Gasteiger partial charge in [0.25, 0.3) is 5.91 Å². The van der Waals surface area contributed by atoms with Crippen LogP contribution in [0.25, 0.3) is 10.8 Å². The van der Waals surface area contributed by atoms with Crippen molar-refractivity contribution in [1.29, 1.82) is 10.5 Å². The van der Waals surface area contributed by atoms with Crippen LogP contribution in [0.5, 0.6) is 0 Å². The summed E-state index contributed by atoms with van der Waals surface area (Å²) < 4.78 is 0. The summed E-state index contributed by atoms with van der Waals surface area (Å²) in [5.74, 6) is -0.0225. The normalized spacial score (nSPS) is 9.62. The molecule has 0 heterocycles. The number of fused-ring (bicyclic) bond motifs is 1. The molecule has 188 valence electrons. The molecule has 0 atom stereocenters. The predicted molar refractivity (Wildman–Crippen MR) is 148 cm³/mol. The van der Waals surface area contributed by atoms with Gasteiger partial charge in [0.1, 0.15) is 0 Å². The Hall–Kier alpha value is -4.85. The summed E-state index contributed by atoms with van der Waals surface area (Å²) in [5, 5.41) is 19.8. The summed E-state index contributed by atoms with van der Waals surface area (Å²) in [6.07, 6.45) is 3.42. The fourth-order valence-electron chi connectivity index (χ4n) is 3.87. The summed E-state index contributed by atoms with van der Waals surface area (Å²) in [5.41, 5.74) is 13.0. The number of nitriles is 2. The van der Waals surface area contributed by atoms with Crippen LogP contribution in [-0.2, 0) is 13.0 Å². The number of nitrogens with two attached hydrogens (primary N) is 2. The number of nitrogens with one attached hydrogen (secondary N) is 1. The van der Waals surface area contributed by atoms with Crippen molar-refractivity contribution in [2.75, 3.05) is 20.1 Å². The van der Waals surface area contributed by atoms with Gasteiger partial charge in [0.2, 0.25) is 0 Å². The van der Waals surface area contributed by atoms with Gasteiger partial charge in [-0.2, -0.15) is 10.5 Å². The highest BCUT2D eigenvalue weighted by molar-refractivity contribution is 5.94. The zero-order chi connectivity index (χ0) is 26.9. The largest absolute Gasteiger partial charge is 0.351 e. The SMILES string of the molecule is CN(CCNC(=O)c1ccccc1)Cc1ccccc1Cc1ccc2ccccc2c1.N#CN.N#CN. The van der Waals surface area contributed by atoms with Crippen LogP contribution in [0.4, 0.5) is 0 Å². The van der Waals surface area contributed by atoms with Crippen LogP contribution >= 0.6 is 0 Å². The average molecular weight is 493 g/mol. The second-order valence-electron chi connectivity index (χ2n) is 8.24. The van der Waals surface area contributed by atoms with Gasteiger partial charge in [-0.15, -0.1) is 0 Å². The van der Waals surface area contributed by atoms with Crippen LogP contribution in [0.15, 0.2) is 97.1 Å². The fourth-order valence-corrected chi connectivity index (χ4v) is 3.87. The minimum atomic E-state index is -0.0225. The van der Waals surface area contributed by atoms with Gasteiger partial charge < -0.3 is 21.7 Å². The molecule has 4 aromatic carbocycles. The van der Waals surface area contributed by atoms with E-state index in [0.29, 0.717) is 12.1 Å². The number of hydrogen-bond donors (Lipinski definition) is 3. The van der Waals surface area contributed by atoms with Crippen molar-refractivity contribution in [3.63, 3.8) is 0 Å². The third kappa shape index (κ3) is 9.73. The number of carbonyl (C=O) groups excluding carboxylic acids is 1. The highest BCUT2D eigenvalue weighted by Crippen LogP contribution is 2.20. The predicted octanol–water partition coefficient (Wildman–Crippen LogP) is 4.14. The number of carbonyl (C=O) groups is 1. The molecule has 4 aromatic rings. The van der Waals surface area contributed by atoms with Gasteiger partial charge >= 0.3 is 0 Å². The van der Waals surface area contributed by atoms with E-state index in [1.54, 1.807) is 0 Å². The van der Waals surface area contributed by atoms with Crippen molar-refractivity contribution >= 4 is 16.7 Å². The smallest absolute Gasteiger partial charge is 0.251 e. The monoisotopic (exact) mass is 492 g/mol. The molecule has 0 aliphatic heterocycles. The standard InChI is InChI=1S/C28H28N2O.2CH2N2/c1-30(18-17-29-28(31)24-10-3-2-4-11-24)21-27-14-8-7-13-26(27)20-22-15-16-23-9-5-6-12-25(23)19-22;2*2-1-3/h2-16,19H,17-18,20-21H2,1H3,(H,29,31);2*2H2. The molecular formula is C30H32N6O. The van der Waals surface area contributed by atoms with E-state index in [1.807, 2.05) is 30.3 Å². The quantitative estimate of drug-likeness (QED) is 0.250. The van der Waals surface area contributed by atoms with Crippen LogP contribution in [0.2, 0.25) is 0 Å². The van der Waals surface area contributed by atoms with Crippen LogP contribution < -0.4 is 16.8 Å². The van der Waals surface area contributed by atoms with Crippen molar-refractivity contribution < 1.29 is 4.79 Å². The second-order valence-corrected chi connectivity index (χ2v) is 8.24. The molecule has 7 nitrogen and oxygen atoms in total. The fraction of sp³-hybridized carbons (Fsp3) is 0.167. The lowest BCUT2D eigenvalue weighted by Crippen LogP contribution is -2.32. The lowest BCUT2D eigenvalue weighted by Gasteiger charge is -2.19. The summed E-state index contributed by atoms with van der Waals surface area (Å²) in [4.78, 5) is 14.5. The number of benzene rings is 4. The molecule has 0 radical (unpaired) electrons. The van der Waals surface area contributed by atoms with Crippen LogP contribution in [0.1, 0.15) is 27.0 Å². The molecule has 7 heteroatoms. The molecular weight excluding hydrogens is 460 g/mol. The molecule has 1 amide bonds. The molecule has 0 unspecified atom stereocenters. The molecule has 0 aliphatic carbocycles.